The van der Waals surface area contributed by atoms with E-state index in [0.29, 0.717) is 5.88 Å². The second-order valence-electron chi connectivity index (χ2n) is 3.80. The number of hydrogen-bond donors (Lipinski definition) is 1. The third-order valence-electron chi connectivity index (χ3n) is 2.55. The van der Waals surface area contributed by atoms with Gasteiger partial charge in [0.15, 0.2) is 0 Å². The van der Waals surface area contributed by atoms with Crippen molar-refractivity contribution < 1.29 is 4.74 Å². The molecule has 0 atom stereocenters. The molecule has 0 saturated carbocycles. The van der Waals surface area contributed by atoms with Gasteiger partial charge in [0.05, 0.1) is 12.8 Å². The molecule has 2 heterocycles. The molecule has 4 heteroatoms. The molecule has 2 aromatic rings. The van der Waals surface area contributed by atoms with Gasteiger partial charge >= 0.3 is 0 Å². The average Bonchev–Trinajstić information content (AvgIpc) is 2.76. The highest BCUT2D eigenvalue weighted by Gasteiger charge is 2.00. The molecule has 0 amide bonds. The number of aromatic nitrogens is 1. The van der Waals surface area contributed by atoms with Gasteiger partial charge in [-0.2, -0.15) is 0 Å². The summed E-state index contributed by atoms with van der Waals surface area (Å²) in [5.74, 6) is 0.664. The Balaban J connectivity index is 1.87. The summed E-state index contributed by atoms with van der Waals surface area (Å²) in [6, 6.07) is 7.95. The first-order valence-electron chi connectivity index (χ1n) is 5.53. The molecular weight excluding hydrogens is 232 g/mol. The van der Waals surface area contributed by atoms with Gasteiger partial charge in [-0.15, -0.1) is 11.3 Å². The van der Waals surface area contributed by atoms with E-state index in [-0.39, 0.29) is 0 Å². The summed E-state index contributed by atoms with van der Waals surface area (Å²) in [7, 11) is 1.63. The summed E-state index contributed by atoms with van der Waals surface area (Å²) in [5, 5.41) is 5.51. The summed E-state index contributed by atoms with van der Waals surface area (Å²) in [6.45, 7) is 3.79. The SMILES string of the molecule is COc1cccc(CNCc2sccc2C)n1. The van der Waals surface area contributed by atoms with Crippen LogP contribution in [0, 0.1) is 6.92 Å². The third-order valence-corrected chi connectivity index (χ3v) is 3.57. The van der Waals surface area contributed by atoms with Crippen LogP contribution in [0.5, 0.6) is 5.88 Å². The van der Waals surface area contributed by atoms with Crippen molar-refractivity contribution in [1.29, 1.82) is 0 Å². The first-order chi connectivity index (χ1) is 8.29. The number of ether oxygens (including phenoxy) is 1. The molecule has 2 rings (SSSR count). The highest BCUT2D eigenvalue weighted by atomic mass is 32.1. The smallest absolute Gasteiger partial charge is 0.213 e. The van der Waals surface area contributed by atoms with Crippen LogP contribution in [0.2, 0.25) is 0 Å². The minimum atomic E-state index is 0.664. The van der Waals surface area contributed by atoms with E-state index in [1.54, 1.807) is 18.4 Å². The van der Waals surface area contributed by atoms with Crippen LogP contribution in [0.15, 0.2) is 29.6 Å². The van der Waals surface area contributed by atoms with Gasteiger partial charge in [-0.25, -0.2) is 4.98 Å². The predicted octanol–water partition coefficient (Wildman–Crippen LogP) is 2.75. The van der Waals surface area contributed by atoms with Crippen LogP contribution in [-0.2, 0) is 13.1 Å². The maximum absolute atomic E-state index is 5.09. The molecule has 0 unspecified atom stereocenters. The van der Waals surface area contributed by atoms with Crippen molar-refractivity contribution in [3.63, 3.8) is 0 Å². The van der Waals surface area contributed by atoms with E-state index in [1.165, 1.54) is 10.4 Å². The third kappa shape index (κ3) is 3.28. The second-order valence-corrected chi connectivity index (χ2v) is 4.80. The van der Waals surface area contributed by atoms with Crippen LogP contribution in [0.1, 0.15) is 16.1 Å². The van der Waals surface area contributed by atoms with Crippen molar-refractivity contribution in [3.8, 4) is 5.88 Å². The Morgan fingerprint density at radius 2 is 2.18 bits per heavy atom. The number of rotatable bonds is 5. The Morgan fingerprint density at radius 3 is 2.88 bits per heavy atom. The van der Waals surface area contributed by atoms with E-state index in [0.717, 1.165) is 18.8 Å². The molecule has 0 spiro atoms. The number of nitrogens with one attached hydrogen (secondary N) is 1. The van der Waals surface area contributed by atoms with Crippen LogP contribution in [0.25, 0.3) is 0 Å². The fourth-order valence-electron chi connectivity index (χ4n) is 1.56. The van der Waals surface area contributed by atoms with E-state index in [1.807, 2.05) is 18.2 Å². The number of methoxy groups -OCH3 is 1. The van der Waals surface area contributed by atoms with Gasteiger partial charge in [-0.05, 0) is 30.0 Å². The topological polar surface area (TPSA) is 34.1 Å². The fraction of sp³-hybridized carbons (Fsp3) is 0.308. The van der Waals surface area contributed by atoms with Crippen molar-refractivity contribution in [2.45, 2.75) is 20.0 Å². The van der Waals surface area contributed by atoms with E-state index in [9.17, 15) is 0 Å². The van der Waals surface area contributed by atoms with Crippen LogP contribution in [0.3, 0.4) is 0 Å². The number of thiophene rings is 1. The minimum absolute atomic E-state index is 0.664. The molecule has 90 valence electrons. The Morgan fingerprint density at radius 1 is 1.29 bits per heavy atom. The van der Waals surface area contributed by atoms with Gasteiger partial charge in [-0.3, -0.25) is 0 Å². The van der Waals surface area contributed by atoms with E-state index in [2.05, 4.69) is 28.7 Å². The van der Waals surface area contributed by atoms with Crippen LogP contribution < -0.4 is 10.1 Å². The number of hydrogen-bond acceptors (Lipinski definition) is 4. The zero-order valence-electron chi connectivity index (χ0n) is 10.1. The zero-order chi connectivity index (χ0) is 12.1. The Labute approximate surface area is 105 Å². The summed E-state index contributed by atoms with van der Waals surface area (Å²) in [6.07, 6.45) is 0. The fourth-order valence-corrected chi connectivity index (χ4v) is 2.43. The van der Waals surface area contributed by atoms with Crippen molar-refractivity contribution in [3.05, 3.63) is 45.8 Å². The molecule has 0 aliphatic rings. The molecule has 0 fully saturated rings. The molecule has 1 N–H and O–H groups in total. The Bertz CT molecular complexity index is 482. The molecule has 0 aliphatic carbocycles. The van der Waals surface area contributed by atoms with Gasteiger partial charge in [0.1, 0.15) is 0 Å². The first-order valence-corrected chi connectivity index (χ1v) is 6.41. The lowest BCUT2D eigenvalue weighted by molar-refractivity contribution is 0.395. The molecule has 0 saturated heterocycles. The molecule has 3 nitrogen and oxygen atoms in total. The molecule has 17 heavy (non-hydrogen) atoms. The standard InChI is InChI=1S/C13H16N2OS/c1-10-6-7-17-12(10)9-14-8-11-4-3-5-13(15-11)16-2/h3-7,14H,8-9H2,1-2H3. The number of nitrogens with zero attached hydrogens (tertiary/aromatic N) is 1. The highest BCUT2D eigenvalue weighted by molar-refractivity contribution is 7.10. The van der Waals surface area contributed by atoms with Crippen LogP contribution in [0.4, 0.5) is 0 Å². The van der Waals surface area contributed by atoms with E-state index < -0.39 is 0 Å². The maximum atomic E-state index is 5.09. The molecule has 0 radical (unpaired) electrons. The summed E-state index contributed by atoms with van der Waals surface area (Å²) < 4.78 is 5.09. The van der Waals surface area contributed by atoms with Crippen molar-refractivity contribution in [2.24, 2.45) is 0 Å². The lowest BCUT2D eigenvalue weighted by Gasteiger charge is -2.05. The summed E-state index contributed by atoms with van der Waals surface area (Å²) >= 11 is 1.78. The van der Waals surface area contributed by atoms with Gasteiger partial charge in [0.2, 0.25) is 5.88 Å². The van der Waals surface area contributed by atoms with Gasteiger partial charge in [0, 0.05) is 24.0 Å². The Kier molecular flexibility index (Phi) is 4.12. The zero-order valence-corrected chi connectivity index (χ0v) is 10.9. The lowest BCUT2D eigenvalue weighted by atomic mass is 10.3. The molecule has 2 aromatic heterocycles. The monoisotopic (exact) mass is 248 g/mol. The lowest BCUT2D eigenvalue weighted by Crippen LogP contribution is -2.13. The van der Waals surface area contributed by atoms with Crippen molar-refractivity contribution in [1.82, 2.24) is 10.3 Å². The predicted molar refractivity (Wildman–Crippen MR) is 70.4 cm³/mol. The maximum Gasteiger partial charge on any atom is 0.213 e. The number of pyridine rings is 1. The van der Waals surface area contributed by atoms with Crippen molar-refractivity contribution in [2.75, 3.05) is 7.11 Å². The van der Waals surface area contributed by atoms with Crippen molar-refractivity contribution >= 4 is 11.3 Å². The second kappa shape index (κ2) is 5.80. The van der Waals surface area contributed by atoms with Crippen LogP contribution >= 0.6 is 11.3 Å². The quantitative estimate of drug-likeness (QED) is 0.883. The van der Waals surface area contributed by atoms with Gasteiger partial charge in [0.25, 0.3) is 0 Å². The average molecular weight is 248 g/mol. The van der Waals surface area contributed by atoms with Gasteiger partial charge < -0.3 is 10.1 Å². The Hall–Kier alpha value is -1.39. The van der Waals surface area contributed by atoms with Gasteiger partial charge in [-0.1, -0.05) is 6.07 Å². The minimum Gasteiger partial charge on any atom is -0.481 e. The normalized spacial score (nSPS) is 10.5. The highest BCUT2D eigenvalue weighted by Crippen LogP contribution is 2.15. The van der Waals surface area contributed by atoms with E-state index in [4.69, 9.17) is 4.74 Å². The number of aryl methyl sites for hydroxylation is 1. The summed E-state index contributed by atoms with van der Waals surface area (Å²) in [5.41, 5.74) is 2.35. The molecular formula is C13H16N2OS. The molecule has 0 aromatic carbocycles. The van der Waals surface area contributed by atoms with Crippen LogP contribution in [-0.4, -0.2) is 12.1 Å². The molecule has 0 bridgehead atoms. The summed E-state index contributed by atoms with van der Waals surface area (Å²) in [4.78, 5) is 5.73. The molecule has 0 aliphatic heterocycles. The largest absolute Gasteiger partial charge is 0.481 e. The van der Waals surface area contributed by atoms with E-state index >= 15 is 0 Å². The first kappa shape index (κ1) is 12.1.